The van der Waals surface area contributed by atoms with E-state index in [-0.39, 0.29) is 5.38 Å². The van der Waals surface area contributed by atoms with Gasteiger partial charge in [-0.3, -0.25) is 0 Å². The molecule has 0 aliphatic heterocycles. The van der Waals surface area contributed by atoms with Gasteiger partial charge in [0.15, 0.2) is 0 Å². The van der Waals surface area contributed by atoms with Crippen molar-refractivity contribution >= 4 is 34.2 Å². The van der Waals surface area contributed by atoms with E-state index in [0.29, 0.717) is 11.8 Å². The van der Waals surface area contributed by atoms with Crippen molar-refractivity contribution in [3.8, 4) is 11.5 Å². The van der Waals surface area contributed by atoms with E-state index in [1.807, 2.05) is 24.3 Å². The SMILES string of the molecule is CC(Cl)c1nnc(-c2ccc(I)cc2)o1. The van der Waals surface area contributed by atoms with Crippen molar-refractivity contribution in [3.63, 3.8) is 0 Å². The Morgan fingerprint density at radius 3 is 2.47 bits per heavy atom. The maximum atomic E-state index is 5.83. The Kier molecular flexibility index (Phi) is 3.25. The third kappa shape index (κ3) is 2.49. The Morgan fingerprint density at radius 2 is 1.93 bits per heavy atom. The summed E-state index contributed by atoms with van der Waals surface area (Å²) >= 11 is 8.08. The Labute approximate surface area is 106 Å². The second-order valence-corrected chi connectivity index (χ2v) is 4.97. The molecule has 2 aromatic rings. The van der Waals surface area contributed by atoms with Gasteiger partial charge in [-0.2, -0.15) is 0 Å². The normalized spacial score (nSPS) is 12.7. The van der Waals surface area contributed by atoms with Crippen LogP contribution in [-0.2, 0) is 0 Å². The van der Waals surface area contributed by atoms with Crippen molar-refractivity contribution in [3.05, 3.63) is 33.7 Å². The highest BCUT2D eigenvalue weighted by Gasteiger charge is 2.12. The van der Waals surface area contributed by atoms with Gasteiger partial charge in [0.1, 0.15) is 5.38 Å². The summed E-state index contributed by atoms with van der Waals surface area (Å²) in [6, 6.07) is 7.86. The molecule has 1 aromatic carbocycles. The van der Waals surface area contributed by atoms with Crippen LogP contribution in [0.5, 0.6) is 0 Å². The van der Waals surface area contributed by atoms with E-state index in [4.69, 9.17) is 16.0 Å². The summed E-state index contributed by atoms with van der Waals surface area (Å²) in [5.41, 5.74) is 0.909. The molecule has 0 aliphatic rings. The quantitative estimate of drug-likeness (QED) is 0.622. The van der Waals surface area contributed by atoms with E-state index in [0.717, 1.165) is 5.56 Å². The first-order chi connectivity index (χ1) is 7.16. The van der Waals surface area contributed by atoms with Gasteiger partial charge in [0.25, 0.3) is 0 Å². The molecule has 0 bridgehead atoms. The van der Waals surface area contributed by atoms with Crippen LogP contribution < -0.4 is 0 Å². The van der Waals surface area contributed by atoms with E-state index in [2.05, 4.69) is 32.8 Å². The van der Waals surface area contributed by atoms with Gasteiger partial charge in [-0.05, 0) is 53.8 Å². The van der Waals surface area contributed by atoms with E-state index in [1.165, 1.54) is 3.57 Å². The van der Waals surface area contributed by atoms with Gasteiger partial charge in [-0.1, -0.05) is 0 Å². The molecule has 78 valence electrons. The number of benzene rings is 1. The minimum Gasteiger partial charge on any atom is -0.419 e. The molecule has 1 heterocycles. The summed E-state index contributed by atoms with van der Waals surface area (Å²) in [5.74, 6) is 0.958. The highest BCUT2D eigenvalue weighted by Crippen LogP contribution is 2.23. The van der Waals surface area contributed by atoms with E-state index in [1.54, 1.807) is 6.92 Å². The predicted octanol–water partition coefficient (Wildman–Crippen LogP) is 3.64. The lowest BCUT2D eigenvalue weighted by Gasteiger charge is -1.95. The fraction of sp³-hybridized carbons (Fsp3) is 0.200. The van der Waals surface area contributed by atoms with Gasteiger partial charge in [0.2, 0.25) is 11.8 Å². The molecule has 1 aromatic heterocycles. The summed E-state index contributed by atoms with van der Waals surface area (Å²) in [6.07, 6.45) is 0. The van der Waals surface area contributed by atoms with E-state index < -0.39 is 0 Å². The van der Waals surface area contributed by atoms with Crippen LogP contribution in [0.4, 0.5) is 0 Å². The number of rotatable bonds is 2. The molecule has 15 heavy (non-hydrogen) atoms. The Hall–Kier alpha value is -0.620. The lowest BCUT2D eigenvalue weighted by atomic mass is 10.2. The van der Waals surface area contributed by atoms with Crippen LogP contribution in [0.15, 0.2) is 28.7 Å². The lowest BCUT2D eigenvalue weighted by Crippen LogP contribution is -1.81. The maximum Gasteiger partial charge on any atom is 0.247 e. The van der Waals surface area contributed by atoms with Gasteiger partial charge in [-0.25, -0.2) is 0 Å². The van der Waals surface area contributed by atoms with Crippen LogP contribution in [0.3, 0.4) is 0 Å². The number of halogens is 2. The zero-order valence-corrected chi connectivity index (χ0v) is 10.9. The molecule has 2 rings (SSSR count). The molecule has 0 fully saturated rings. The van der Waals surface area contributed by atoms with Crippen LogP contribution in [0, 0.1) is 3.57 Å². The molecule has 0 amide bonds. The average molecular weight is 335 g/mol. The molecule has 5 heteroatoms. The smallest absolute Gasteiger partial charge is 0.247 e. The first-order valence-electron chi connectivity index (χ1n) is 4.40. The van der Waals surface area contributed by atoms with Gasteiger partial charge in [0, 0.05) is 9.13 Å². The first-order valence-corrected chi connectivity index (χ1v) is 5.92. The summed E-state index contributed by atoms with van der Waals surface area (Å²) in [4.78, 5) is 0. The first kappa shape index (κ1) is 10.9. The second-order valence-electron chi connectivity index (χ2n) is 3.07. The minimum absolute atomic E-state index is 0.255. The molecule has 0 spiro atoms. The highest BCUT2D eigenvalue weighted by atomic mass is 127. The molecular weight excluding hydrogens is 326 g/mol. The van der Waals surface area contributed by atoms with Crippen molar-refractivity contribution in [1.82, 2.24) is 10.2 Å². The van der Waals surface area contributed by atoms with Crippen molar-refractivity contribution in [2.24, 2.45) is 0 Å². The molecule has 3 nitrogen and oxygen atoms in total. The number of hydrogen-bond acceptors (Lipinski definition) is 3. The minimum atomic E-state index is -0.255. The maximum absolute atomic E-state index is 5.83. The number of nitrogens with zero attached hydrogens (tertiary/aromatic N) is 2. The molecule has 1 unspecified atom stereocenters. The molecule has 0 radical (unpaired) electrons. The van der Waals surface area contributed by atoms with Crippen molar-refractivity contribution in [2.45, 2.75) is 12.3 Å². The van der Waals surface area contributed by atoms with Crippen molar-refractivity contribution in [1.29, 1.82) is 0 Å². The largest absolute Gasteiger partial charge is 0.419 e. The summed E-state index contributed by atoms with van der Waals surface area (Å²) in [6.45, 7) is 1.80. The van der Waals surface area contributed by atoms with Gasteiger partial charge >= 0.3 is 0 Å². The molecular formula is C10H8ClIN2O. The summed E-state index contributed by atoms with van der Waals surface area (Å²) in [7, 11) is 0. The van der Waals surface area contributed by atoms with Crippen LogP contribution >= 0.6 is 34.2 Å². The summed E-state index contributed by atoms with van der Waals surface area (Å²) < 4.78 is 6.58. The number of aromatic nitrogens is 2. The third-order valence-corrected chi connectivity index (χ3v) is 2.78. The van der Waals surface area contributed by atoms with Gasteiger partial charge in [0.05, 0.1) is 0 Å². The molecule has 0 saturated carbocycles. The zero-order valence-electron chi connectivity index (χ0n) is 7.95. The highest BCUT2D eigenvalue weighted by molar-refractivity contribution is 14.1. The lowest BCUT2D eigenvalue weighted by molar-refractivity contribution is 0.507. The molecule has 0 N–H and O–H groups in total. The zero-order chi connectivity index (χ0) is 10.8. The fourth-order valence-electron chi connectivity index (χ4n) is 1.10. The standard InChI is InChI=1S/C10H8ClIN2O/c1-6(11)9-13-14-10(15-9)7-2-4-8(12)5-3-7/h2-6H,1H3. The Balaban J connectivity index is 2.33. The molecule has 0 saturated heterocycles. The van der Waals surface area contributed by atoms with Crippen LogP contribution in [0.2, 0.25) is 0 Å². The monoisotopic (exact) mass is 334 g/mol. The van der Waals surface area contributed by atoms with Gasteiger partial charge in [-0.15, -0.1) is 21.8 Å². The third-order valence-electron chi connectivity index (χ3n) is 1.87. The second kappa shape index (κ2) is 4.49. The Morgan fingerprint density at radius 1 is 1.27 bits per heavy atom. The fourth-order valence-corrected chi connectivity index (χ4v) is 1.55. The molecule has 0 aliphatic carbocycles. The Bertz CT molecular complexity index is 453. The predicted molar refractivity (Wildman–Crippen MR) is 66.7 cm³/mol. The van der Waals surface area contributed by atoms with Crippen LogP contribution in [0.25, 0.3) is 11.5 Å². The number of hydrogen-bond donors (Lipinski definition) is 0. The van der Waals surface area contributed by atoms with Crippen LogP contribution in [-0.4, -0.2) is 10.2 Å². The van der Waals surface area contributed by atoms with E-state index >= 15 is 0 Å². The number of alkyl halides is 1. The topological polar surface area (TPSA) is 38.9 Å². The molecule has 1 atom stereocenters. The van der Waals surface area contributed by atoms with Gasteiger partial charge < -0.3 is 4.42 Å². The van der Waals surface area contributed by atoms with Crippen LogP contribution in [0.1, 0.15) is 18.2 Å². The average Bonchev–Trinajstić information content (AvgIpc) is 2.68. The summed E-state index contributed by atoms with van der Waals surface area (Å²) in [5, 5.41) is 7.54. The van der Waals surface area contributed by atoms with Crippen molar-refractivity contribution in [2.75, 3.05) is 0 Å². The van der Waals surface area contributed by atoms with E-state index in [9.17, 15) is 0 Å². The van der Waals surface area contributed by atoms with Crippen molar-refractivity contribution < 1.29 is 4.42 Å².